The summed E-state index contributed by atoms with van der Waals surface area (Å²) in [6, 6.07) is 0. The first-order chi connectivity index (χ1) is 10.9. The lowest BCUT2D eigenvalue weighted by atomic mass is 9.46. The molecule has 0 bridgehead atoms. The summed E-state index contributed by atoms with van der Waals surface area (Å²) in [7, 11) is 0. The monoisotopic (exact) mass is 313 g/mol. The summed E-state index contributed by atoms with van der Waals surface area (Å²) in [5.74, 6) is 4.14. The molecule has 3 saturated carbocycles. The normalized spacial score (nSPS) is 52.2. The molecular formula is C22H35N. The fourth-order valence-electron chi connectivity index (χ4n) is 7.61. The van der Waals surface area contributed by atoms with Crippen LogP contribution in [-0.4, -0.2) is 5.71 Å². The summed E-state index contributed by atoms with van der Waals surface area (Å²) < 4.78 is 0. The van der Waals surface area contributed by atoms with E-state index in [1.807, 2.05) is 5.57 Å². The topological polar surface area (TPSA) is 23.9 Å². The summed E-state index contributed by atoms with van der Waals surface area (Å²) in [4.78, 5) is 0. The molecule has 0 heterocycles. The van der Waals surface area contributed by atoms with Gasteiger partial charge in [-0.3, -0.25) is 0 Å². The van der Waals surface area contributed by atoms with Crippen LogP contribution in [0.5, 0.6) is 0 Å². The van der Waals surface area contributed by atoms with Crippen LogP contribution in [0.4, 0.5) is 0 Å². The van der Waals surface area contributed by atoms with Crippen molar-refractivity contribution in [3.8, 4) is 0 Å². The van der Waals surface area contributed by atoms with E-state index < -0.39 is 0 Å². The van der Waals surface area contributed by atoms with Crippen molar-refractivity contribution in [2.45, 2.75) is 79.1 Å². The Kier molecular flexibility index (Phi) is 3.60. The van der Waals surface area contributed by atoms with Gasteiger partial charge in [0.15, 0.2) is 0 Å². The van der Waals surface area contributed by atoms with Gasteiger partial charge in [0.25, 0.3) is 0 Å². The lowest BCUT2D eigenvalue weighted by Crippen LogP contribution is -2.50. The smallest absolute Gasteiger partial charge is 0.00946 e. The standard InChI is InChI=1S/C22H35N/c1-14-9-11-21(3)16(13-14)5-6-17-19-8-7-18(15(2)23)22(19,4)12-10-20(17)21/h13-14,17-20,23H,5-12H2,1-4H3. The van der Waals surface area contributed by atoms with Gasteiger partial charge in [-0.05, 0) is 92.8 Å². The molecule has 4 aliphatic rings. The summed E-state index contributed by atoms with van der Waals surface area (Å²) in [5.41, 5.74) is 3.72. The van der Waals surface area contributed by atoms with Crippen LogP contribution >= 0.6 is 0 Å². The highest BCUT2D eigenvalue weighted by molar-refractivity contribution is 5.82. The Morgan fingerprint density at radius 1 is 1.04 bits per heavy atom. The van der Waals surface area contributed by atoms with E-state index in [1.165, 1.54) is 51.4 Å². The lowest BCUT2D eigenvalue weighted by Gasteiger charge is -2.58. The van der Waals surface area contributed by atoms with Crippen molar-refractivity contribution in [2.75, 3.05) is 0 Å². The van der Waals surface area contributed by atoms with Crippen LogP contribution in [0.25, 0.3) is 0 Å². The zero-order valence-corrected chi connectivity index (χ0v) is 15.6. The second kappa shape index (κ2) is 5.20. The predicted molar refractivity (Wildman–Crippen MR) is 97.8 cm³/mol. The van der Waals surface area contributed by atoms with Gasteiger partial charge in [0.05, 0.1) is 0 Å². The van der Waals surface area contributed by atoms with Gasteiger partial charge in [0.2, 0.25) is 0 Å². The highest BCUT2D eigenvalue weighted by Gasteiger charge is 2.58. The van der Waals surface area contributed by atoms with Gasteiger partial charge in [0, 0.05) is 11.6 Å². The third-order valence-corrected chi connectivity index (χ3v) is 8.86. The number of rotatable bonds is 1. The van der Waals surface area contributed by atoms with Crippen molar-refractivity contribution in [3.05, 3.63) is 11.6 Å². The van der Waals surface area contributed by atoms with Crippen molar-refractivity contribution in [3.63, 3.8) is 0 Å². The lowest BCUT2D eigenvalue weighted by molar-refractivity contribution is -0.0446. The first kappa shape index (κ1) is 15.9. The zero-order valence-electron chi connectivity index (χ0n) is 15.6. The van der Waals surface area contributed by atoms with E-state index in [9.17, 15) is 0 Å². The maximum absolute atomic E-state index is 8.27. The molecule has 0 radical (unpaired) electrons. The fourth-order valence-corrected chi connectivity index (χ4v) is 7.61. The van der Waals surface area contributed by atoms with E-state index in [-0.39, 0.29) is 0 Å². The van der Waals surface area contributed by atoms with Crippen molar-refractivity contribution in [1.29, 1.82) is 5.41 Å². The van der Waals surface area contributed by atoms with E-state index in [1.54, 1.807) is 0 Å². The molecule has 0 aromatic rings. The molecular weight excluding hydrogens is 278 g/mol. The largest absolute Gasteiger partial charge is 0.310 e. The third-order valence-electron chi connectivity index (χ3n) is 8.86. The number of fused-ring (bicyclic) bond motifs is 5. The molecule has 0 spiro atoms. The van der Waals surface area contributed by atoms with Gasteiger partial charge in [-0.2, -0.15) is 0 Å². The van der Waals surface area contributed by atoms with Crippen LogP contribution in [0.1, 0.15) is 79.1 Å². The fraction of sp³-hybridized carbons (Fsp3) is 0.864. The van der Waals surface area contributed by atoms with E-state index in [4.69, 9.17) is 5.41 Å². The third kappa shape index (κ3) is 2.14. The molecule has 23 heavy (non-hydrogen) atoms. The second-order valence-electron chi connectivity index (χ2n) is 9.90. The SMILES string of the molecule is CC(=N)C1CCC2C3CCC4=CC(C)CCC4(C)C3CCC12C. The Hall–Kier alpha value is -0.590. The van der Waals surface area contributed by atoms with Gasteiger partial charge in [-0.25, -0.2) is 0 Å². The number of hydrogen-bond donors (Lipinski definition) is 1. The summed E-state index contributed by atoms with van der Waals surface area (Å²) in [6.45, 7) is 9.62. The van der Waals surface area contributed by atoms with Crippen LogP contribution in [0.3, 0.4) is 0 Å². The van der Waals surface area contributed by atoms with E-state index in [0.717, 1.165) is 29.4 Å². The van der Waals surface area contributed by atoms with Crippen molar-refractivity contribution >= 4 is 5.71 Å². The Labute approximate surface area is 142 Å². The molecule has 0 saturated heterocycles. The van der Waals surface area contributed by atoms with Gasteiger partial charge < -0.3 is 5.41 Å². The molecule has 7 unspecified atom stereocenters. The van der Waals surface area contributed by atoms with Crippen molar-refractivity contribution in [1.82, 2.24) is 0 Å². The first-order valence-corrected chi connectivity index (χ1v) is 10.1. The predicted octanol–water partition coefficient (Wildman–Crippen LogP) is 6.24. The van der Waals surface area contributed by atoms with Gasteiger partial charge in [0.1, 0.15) is 0 Å². The highest BCUT2D eigenvalue weighted by atomic mass is 14.6. The quantitative estimate of drug-likeness (QED) is 0.437. The van der Waals surface area contributed by atoms with Crippen LogP contribution in [-0.2, 0) is 0 Å². The molecule has 1 N–H and O–H groups in total. The zero-order chi connectivity index (χ0) is 16.4. The minimum atomic E-state index is 0.437. The molecule has 1 nitrogen and oxygen atoms in total. The number of hydrogen-bond acceptors (Lipinski definition) is 1. The van der Waals surface area contributed by atoms with Crippen LogP contribution in [0.15, 0.2) is 11.6 Å². The van der Waals surface area contributed by atoms with Crippen LogP contribution in [0.2, 0.25) is 0 Å². The average Bonchev–Trinajstić information content (AvgIpc) is 2.85. The minimum absolute atomic E-state index is 0.437. The van der Waals surface area contributed by atoms with E-state index in [2.05, 4.69) is 33.8 Å². The molecule has 1 heteroatoms. The molecule has 0 aliphatic heterocycles. The summed E-state index contributed by atoms with van der Waals surface area (Å²) in [6.07, 6.45) is 13.7. The molecule has 0 amide bonds. The van der Waals surface area contributed by atoms with Gasteiger partial charge >= 0.3 is 0 Å². The maximum atomic E-state index is 8.27. The van der Waals surface area contributed by atoms with Crippen molar-refractivity contribution < 1.29 is 0 Å². The van der Waals surface area contributed by atoms with Crippen molar-refractivity contribution in [2.24, 2.45) is 40.4 Å². The summed E-state index contributed by atoms with van der Waals surface area (Å²) in [5, 5.41) is 8.27. The molecule has 4 rings (SSSR count). The maximum Gasteiger partial charge on any atom is 0.00946 e. The average molecular weight is 314 g/mol. The molecule has 128 valence electrons. The molecule has 7 atom stereocenters. The Bertz CT molecular complexity index is 546. The Morgan fingerprint density at radius 3 is 2.57 bits per heavy atom. The number of allylic oxidation sites excluding steroid dienone is 2. The molecule has 0 aromatic heterocycles. The minimum Gasteiger partial charge on any atom is -0.310 e. The Balaban J connectivity index is 1.66. The van der Waals surface area contributed by atoms with Crippen LogP contribution in [0, 0.1) is 45.8 Å². The highest BCUT2D eigenvalue weighted by Crippen LogP contribution is 2.66. The second-order valence-corrected chi connectivity index (χ2v) is 9.90. The van der Waals surface area contributed by atoms with Gasteiger partial charge in [-0.15, -0.1) is 0 Å². The summed E-state index contributed by atoms with van der Waals surface area (Å²) >= 11 is 0. The molecule has 4 aliphatic carbocycles. The van der Waals surface area contributed by atoms with Gasteiger partial charge in [-0.1, -0.05) is 32.4 Å². The van der Waals surface area contributed by atoms with Crippen LogP contribution < -0.4 is 0 Å². The number of nitrogens with one attached hydrogen (secondary N) is 1. The van der Waals surface area contributed by atoms with E-state index >= 15 is 0 Å². The Morgan fingerprint density at radius 2 is 1.83 bits per heavy atom. The van der Waals surface area contributed by atoms with E-state index in [0.29, 0.717) is 16.7 Å². The molecule has 3 fully saturated rings. The molecule has 0 aromatic carbocycles. The first-order valence-electron chi connectivity index (χ1n) is 10.1.